The van der Waals surface area contributed by atoms with E-state index in [9.17, 15) is 15.2 Å². The molecule has 1 fully saturated rings. The number of H-pyrrole nitrogens is 1. The number of ether oxygens (including phenoxy) is 1. The number of hydrogen-bond donors (Lipinski definition) is 2. The molecular formula is C27H28N4O3. The molecule has 0 saturated carbocycles. The monoisotopic (exact) mass is 456 g/mol. The molecule has 7 nitrogen and oxygen atoms in total. The summed E-state index contributed by atoms with van der Waals surface area (Å²) < 4.78 is 7.99. The van der Waals surface area contributed by atoms with Crippen molar-refractivity contribution in [2.75, 3.05) is 6.61 Å². The van der Waals surface area contributed by atoms with Crippen molar-refractivity contribution in [1.29, 1.82) is 5.26 Å². The molecule has 5 rings (SSSR count). The standard InChI is InChI=1S/C27H28N4O3/c1-27(2,10-11-28)25-21(13-17-6-8-18(9-7-17)26(32)33)20-15-23-19(14-22(20)30-25)16-29-31(23)24-5-3-4-12-34-24/h6-9,14-16,24,30H,3-5,10,12-13H2,1-2H3,(H,32,33). The fourth-order valence-corrected chi connectivity index (χ4v) is 4.95. The summed E-state index contributed by atoms with van der Waals surface area (Å²) >= 11 is 0. The van der Waals surface area contributed by atoms with Crippen molar-refractivity contribution in [2.24, 2.45) is 0 Å². The van der Waals surface area contributed by atoms with Gasteiger partial charge in [-0.3, -0.25) is 0 Å². The first-order valence-corrected chi connectivity index (χ1v) is 11.7. The van der Waals surface area contributed by atoms with Crippen LogP contribution in [0.2, 0.25) is 0 Å². The molecule has 1 saturated heterocycles. The van der Waals surface area contributed by atoms with Crippen LogP contribution in [0.1, 0.15) is 72.9 Å². The third-order valence-electron chi connectivity index (χ3n) is 6.83. The molecule has 1 aliphatic rings. The normalized spacial score (nSPS) is 16.7. The van der Waals surface area contributed by atoms with E-state index in [0.717, 1.165) is 64.5 Å². The number of rotatable bonds is 6. The third kappa shape index (κ3) is 3.95. The van der Waals surface area contributed by atoms with Crippen molar-refractivity contribution in [2.45, 2.75) is 57.6 Å². The summed E-state index contributed by atoms with van der Waals surface area (Å²) in [6.07, 6.45) is 6.01. The zero-order chi connectivity index (χ0) is 23.9. The number of carboxylic acid groups (broad SMARTS) is 1. The molecule has 7 heteroatoms. The van der Waals surface area contributed by atoms with Crippen LogP contribution < -0.4 is 0 Å². The maximum atomic E-state index is 11.3. The first kappa shape index (κ1) is 22.2. The summed E-state index contributed by atoms with van der Waals surface area (Å²) in [5.41, 5.74) is 5.12. The van der Waals surface area contributed by atoms with Crippen LogP contribution in [-0.4, -0.2) is 32.4 Å². The van der Waals surface area contributed by atoms with E-state index >= 15 is 0 Å². The van der Waals surface area contributed by atoms with Gasteiger partial charge in [-0.15, -0.1) is 0 Å². The zero-order valence-corrected chi connectivity index (χ0v) is 19.5. The molecule has 0 aliphatic carbocycles. The molecule has 2 N–H and O–H groups in total. The highest BCUT2D eigenvalue weighted by atomic mass is 16.5. The Morgan fingerprint density at radius 3 is 2.76 bits per heavy atom. The van der Waals surface area contributed by atoms with Crippen LogP contribution in [-0.2, 0) is 16.6 Å². The van der Waals surface area contributed by atoms with Crippen molar-refractivity contribution >= 4 is 27.8 Å². The second kappa shape index (κ2) is 8.62. The molecule has 2 aromatic heterocycles. The number of aromatic nitrogens is 3. The van der Waals surface area contributed by atoms with Gasteiger partial charge in [-0.1, -0.05) is 26.0 Å². The van der Waals surface area contributed by atoms with E-state index in [1.54, 1.807) is 12.1 Å². The summed E-state index contributed by atoms with van der Waals surface area (Å²) in [5.74, 6) is -0.935. The van der Waals surface area contributed by atoms with Gasteiger partial charge >= 0.3 is 5.97 Å². The maximum absolute atomic E-state index is 11.3. The number of aromatic amines is 1. The average Bonchev–Trinajstić information content (AvgIpc) is 3.40. The van der Waals surface area contributed by atoms with Crippen LogP contribution in [0.15, 0.2) is 42.6 Å². The lowest BCUT2D eigenvalue weighted by Crippen LogP contribution is -2.19. The number of nitrogens with one attached hydrogen (secondary N) is 1. The van der Waals surface area contributed by atoms with Gasteiger partial charge < -0.3 is 14.8 Å². The highest BCUT2D eigenvalue weighted by Crippen LogP contribution is 2.37. The quantitative estimate of drug-likeness (QED) is 0.387. The lowest BCUT2D eigenvalue weighted by molar-refractivity contribution is -0.0366. The van der Waals surface area contributed by atoms with Gasteiger partial charge in [-0.25, -0.2) is 9.48 Å². The van der Waals surface area contributed by atoms with Crippen molar-refractivity contribution in [3.63, 3.8) is 0 Å². The molecule has 0 spiro atoms. The van der Waals surface area contributed by atoms with E-state index in [4.69, 9.17) is 4.74 Å². The van der Waals surface area contributed by atoms with E-state index in [-0.39, 0.29) is 17.2 Å². The lowest BCUT2D eigenvalue weighted by atomic mass is 9.82. The summed E-state index contributed by atoms with van der Waals surface area (Å²) in [6.45, 7) is 4.91. The van der Waals surface area contributed by atoms with Crippen molar-refractivity contribution in [3.8, 4) is 6.07 Å². The molecule has 0 radical (unpaired) electrons. The highest BCUT2D eigenvalue weighted by Gasteiger charge is 2.28. The van der Waals surface area contributed by atoms with Crippen LogP contribution >= 0.6 is 0 Å². The van der Waals surface area contributed by atoms with Gasteiger partial charge in [0.25, 0.3) is 0 Å². The van der Waals surface area contributed by atoms with Gasteiger partial charge in [0.2, 0.25) is 0 Å². The lowest BCUT2D eigenvalue weighted by Gasteiger charge is -2.23. The fourth-order valence-electron chi connectivity index (χ4n) is 4.95. The SMILES string of the molecule is CC(C)(CC#N)c1[nH]c2cc3cnn(C4CCCCO4)c3cc2c1Cc1ccc(C(=O)O)cc1. The van der Waals surface area contributed by atoms with E-state index in [2.05, 4.69) is 42.1 Å². The van der Waals surface area contributed by atoms with Gasteiger partial charge in [0.05, 0.1) is 23.3 Å². The molecule has 0 bridgehead atoms. The second-order valence-electron chi connectivity index (χ2n) is 9.74. The number of carboxylic acids is 1. The maximum Gasteiger partial charge on any atom is 0.335 e. The Kier molecular flexibility index (Phi) is 5.62. The van der Waals surface area contributed by atoms with Gasteiger partial charge in [-0.2, -0.15) is 10.4 Å². The van der Waals surface area contributed by atoms with Crippen LogP contribution in [0.25, 0.3) is 21.8 Å². The Morgan fingerprint density at radius 1 is 1.29 bits per heavy atom. The minimum atomic E-state index is -0.935. The molecule has 1 aliphatic heterocycles. The Labute approximate surface area is 198 Å². The van der Waals surface area contributed by atoms with E-state index < -0.39 is 5.97 Å². The van der Waals surface area contributed by atoms with Gasteiger partial charge in [-0.05, 0) is 61.1 Å². The summed E-state index contributed by atoms with van der Waals surface area (Å²) in [7, 11) is 0. The van der Waals surface area contributed by atoms with E-state index in [0.29, 0.717) is 12.8 Å². The van der Waals surface area contributed by atoms with Crippen molar-refractivity contribution in [3.05, 3.63) is 65.0 Å². The number of benzene rings is 2. The Morgan fingerprint density at radius 2 is 2.09 bits per heavy atom. The van der Waals surface area contributed by atoms with E-state index in [1.165, 1.54) is 0 Å². The first-order valence-electron chi connectivity index (χ1n) is 11.7. The predicted octanol–water partition coefficient (Wildman–Crippen LogP) is 5.70. The molecule has 2 aromatic carbocycles. The van der Waals surface area contributed by atoms with Crippen LogP contribution in [0.5, 0.6) is 0 Å². The van der Waals surface area contributed by atoms with Crippen molar-refractivity contribution in [1.82, 2.24) is 14.8 Å². The number of hydrogen-bond acceptors (Lipinski definition) is 4. The average molecular weight is 457 g/mol. The summed E-state index contributed by atoms with van der Waals surface area (Å²) in [6, 6.07) is 13.6. The topological polar surface area (TPSA) is 104 Å². The molecule has 4 aromatic rings. The first-order chi connectivity index (χ1) is 16.4. The third-order valence-corrected chi connectivity index (χ3v) is 6.83. The number of carbonyl (C=O) groups is 1. The van der Waals surface area contributed by atoms with Crippen LogP contribution in [0, 0.1) is 11.3 Å². The van der Waals surface area contributed by atoms with Crippen LogP contribution in [0.4, 0.5) is 0 Å². The second-order valence-corrected chi connectivity index (χ2v) is 9.74. The number of nitriles is 1. The number of fused-ring (bicyclic) bond motifs is 2. The largest absolute Gasteiger partial charge is 0.478 e. The predicted molar refractivity (Wildman–Crippen MR) is 130 cm³/mol. The molecule has 174 valence electrons. The van der Waals surface area contributed by atoms with E-state index in [1.807, 2.05) is 23.0 Å². The van der Waals surface area contributed by atoms with Gasteiger partial charge in [0, 0.05) is 40.4 Å². The minimum Gasteiger partial charge on any atom is -0.478 e. The highest BCUT2D eigenvalue weighted by molar-refractivity contribution is 5.98. The smallest absolute Gasteiger partial charge is 0.335 e. The molecule has 0 amide bonds. The summed E-state index contributed by atoms with van der Waals surface area (Å²) in [5, 5.41) is 25.5. The molecule has 34 heavy (non-hydrogen) atoms. The van der Waals surface area contributed by atoms with Gasteiger partial charge in [0.1, 0.15) is 0 Å². The minimum absolute atomic E-state index is 0.0517. The molecular weight excluding hydrogens is 428 g/mol. The summed E-state index contributed by atoms with van der Waals surface area (Å²) in [4.78, 5) is 14.9. The Balaban J connectivity index is 1.65. The number of nitrogens with zero attached hydrogens (tertiary/aromatic N) is 3. The zero-order valence-electron chi connectivity index (χ0n) is 19.5. The molecule has 1 atom stereocenters. The van der Waals surface area contributed by atoms with Crippen molar-refractivity contribution < 1.29 is 14.6 Å². The van der Waals surface area contributed by atoms with Crippen LogP contribution in [0.3, 0.4) is 0 Å². The number of aromatic carboxylic acids is 1. The molecule has 1 unspecified atom stereocenters. The fraction of sp³-hybridized carbons (Fsp3) is 0.370. The van der Waals surface area contributed by atoms with Gasteiger partial charge in [0.15, 0.2) is 6.23 Å². The Bertz CT molecular complexity index is 1400. The Hall–Kier alpha value is -3.63. The molecule has 3 heterocycles.